The second kappa shape index (κ2) is 5.81. The second-order valence-electron chi connectivity index (χ2n) is 3.98. The summed E-state index contributed by atoms with van der Waals surface area (Å²) in [5, 5.41) is 10.8. The molecule has 1 aromatic carbocycles. The van der Waals surface area contributed by atoms with Gasteiger partial charge < -0.3 is 15.6 Å². The number of nitrogens with two attached hydrogens (primary N) is 1. The molecule has 0 aromatic heterocycles. The highest BCUT2D eigenvalue weighted by atomic mass is 32.2. The molecule has 0 bridgehead atoms. The molecule has 104 valence electrons. The molecule has 0 unspecified atom stereocenters. The van der Waals surface area contributed by atoms with Crippen LogP contribution in [0.3, 0.4) is 0 Å². The molecule has 7 nitrogen and oxygen atoms in total. The number of nitrogens with one attached hydrogen (secondary N) is 1. The van der Waals surface area contributed by atoms with Crippen LogP contribution in [0.5, 0.6) is 0 Å². The van der Waals surface area contributed by atoms with Crippen LogP contribution in [-0.2, 0) is 19.6 Å². The molecule has 1 amide bonds. The molecule has 8 heteroatoms. The van der Waals surface area contributed by atoms with E-state index in [9.17, 15) is 23.1 Å². The number of sulfonamides is 1. The van der Waals surface area contributed by atoms with Gasteiger partial charge in [0.1, 0.15) is 0 Å². The molecule has 0 aliphatic heterocycles. The maximum atomic E-state index is 11.9. The molecule has 1 rings (SSSR count). The van der Waals surface area contributed by atoms with Crippen molar-refractivity contribution in [3.8, 4) is 0 Å². The van der Waals surface area contributed by atoms with Crippen molar-refractivity contribution in [2.45, 2.75) is 24.3 Å². The van der Waals surface area contributed by atoms with Crippen LogP contribution in [0.4, 0.5) is 0 Å². The second-order valence-corrected chi connectivity index (χ2v) is 5.69. The minimum absolute atomic E-state index is 0.103. The zero-order valence-electron chi connectivity index (χ0n) is 10.1. The summed E-state index contributed by atoms with van der Waals surface area (Å²) in [6.45, 7) is 1.78. The molecule has 0 saturated heterocycles. The number of rotatable bonds is 6. The van der Waals surface area contributed by atoms with Crippen LogP contribution in [0.1, 0.15) is 12.0 Å². The van der Waals surface area contributed by atoms with Gasteiger partial charge >= 0.3 is 0 Å². The van der Waals surface area contributed by atoms with Crippen LogP contribution in [0.2, 0.25) is 0 Å². The van der Waals surface area contributed by atoms with Gasteiger partial charge in [0.15, 0.2) is 0 Å². The van der Waals surface area contributed by atoms with Crippen LogP contribution in [-0.4, -0.2) is 26.3 Å². The summed E-state index contributed by atoms with van der Waals surface area (Å²) >= 11 is 0. The lowest BCUT2D eigenvalue weighted by Crippen LogP contribution is -2.49. The van der Waals surface area contributed by atoms with Gasteiger partial charge in [0.25, 0.3) is 0 Å². The molecule has 1 aromatic rings. The van der Waals surface area contributed by atoms with Gasteiger partial charge in [-0.15, -0.1) is 0 Å². The van der Waals surface area contributed by atoms with Gasteiger partial charge in [0, 0.05) is 6.42 Å². The SMILES string of the molecule is Cc1ccc(S(=O)(=O)N[C@H](CC(N)=O)C(=O)[O-])cc1. The first-order valence-electron chi connectivity index (χ1n) is 5.30. The predicted molar refractivity (Wildman–Crippen MR) is 64.1 cm³/mol. The van der Waals surface area contributed by atoms with Crippen molar-refractivity contribution in [2.75, 3.05) is 0 Å². The molecule has 1 atom stereocenters. The van der Waals surface area contributed by atoms with Gasteiger partial charge in [-0.05, 0) is 19.1 Å². The zero-order valence-corrected chi connectivity index (χ0v) is 10.9. The van der Waals surface area contributed by atoms with Gasteiger partial charge in [-0.1, -0.05) is 17.7 Å². The lowest BCUT2D eigenvalue weighted by molar-refractivity contribution is -0.308. The lowest BCUT2D eigenvalue weighted by Gasteiger charge is -2.18. The van der Waals surface area contributed by atoms with Gasteiger partial charge in [-0.3, -0.25) is 4.79 Å². The summed E-state index contributed by atoms with van der Waals surface area (Å²) in [4.78, 5) is 21.3. The highest BCUT2D eigenvalue weighted by Gasteiger charge is 2.22. The molecular weight excluding hydrogens is 272 g/mol. The fourth-order valence-corrected chi connectivity index (χ4v) is 2.53. The van der Waals surface area contributed by atoms with Crippen molar-refractivity contribution in [1.29, 1.82) is 0 Å². The van der Waals surface area contributed by atoms with E-state index >= 15 is 0 Å². The Kier molecular flexibility index (Phi) is 4.62. The number of hydrogen-bond acceptors (Lipinski definition) is 5. The summed E-state index contributed by atoms with van der Waals surface area (Å²) in [6.07, 6.45) is -0.673. The third-order valence-corrected chi connectivity index (χ3v) is 3.81. The van der Waals surface area contributed by atoms with E-state index in [0.717, 1.165) is 5.56 Å². The van der Waals surface area contributed by atoms with Crippen LogP contribution in [0, 0.1) is 6.92 Å². The Labute approximate surface area is 110 Å². The Balaban J connectivity index is 2.97. The predicted octanol–water partition coefficient (Wildman–Crippen LogP) is -1.73. The molecule has 3 N–H and O–H groups in total. The Hall–Kier alpha value is -1.93. The first-order valence-corrected chi connectivity index (χ1v) is 6.79. The molecule has 0 aliphatic carbocycles. The average Bonchev–Trinajstić information content (AvgIpc) is 2.27. The zero-order chi connectivity index (χ0) is 14.6. The maximum Gasteiger partial charge on any atom is 0.241 e. The number of primary amides is 1. The summed E-state index contributed by atoms with van der Waals surface area (Å²) in [5.74, 6) is -2.66. The smallest absolute Gasteiger partial charge is 0.241 e. The van der Waals surface area contributed by atoms with Crippen LogP contribution in [0.15, 0.2) is 29.2 Å². The van der Waals surface area contributed by atoms with Crippen molar-refractivity contribution in [3.63, 3.8) is 0 Å². The normalized spacial score (nSPS) is 12.9. The monoisotopic (exact) mass is 285 g/mol. The van der Waals surface area contributed by atoms with E-state index in [2.05, 4.69) is 0 Å². The van der Waals surface area contributed by atoms with E-state index in [1.54, 1.807) is 19.1 Å². The van der Waals surface area contributed by atoms with Gasteiger partial charge in [-0.2, -0.15) is 0 Å². The number of aliphatic carboxylic acids is 1. The van der Waals surface area contributed by atoms with Crippen molar-refractivity contribution < 1.29 is 23.1 Å². The molecule has 0 saturated carbocycles. The molecule has 19 heavy (non-hydrogen) atoms. The molecule has 0 aliphatic rings. The summed E-state index contributed by atoms with van der Waals surface area (Å²) in [7, 11) is -4.05. The fourth-order valence-electron chi connectivity index (χ4n) is 1.35. The summed E-state index contributed by atoms with van der Waals surface area (Å²) < 4.78 is 25.6. The summed E-state index contributed by atoms with van der Waals surface area (Å²) in [5.41, 5.74) is 5.70. The topological polar surface area (TPSA) is 129 Å². The largest absolute Gasteiger partial charge is 0.548 e. The van der Waals surface area contributed by atoms with Gasteiger partial charge in [0.2, 0.25) is 15.9 Å². The maximum absolute atomic E-state index is 11.9. The Morgan fingerprint density at radius 1 is 1.32 bits per heavy atom. The highest BCUT2D eigenvalue weighted by molar-refractivity contribution is 7.89. The number of amides is 1. The quantitative estimate of drug-likeness (QED) is 0.641. The number of carboxylic acids is 1. The number of carboxylic acid groups (broad SMARTS) is 1. The third kappa shape index (κ3) is 4.34. The van der Waals surface area contributed by atoms with Crippen molar-refractivity contribution in [3.05, 3.63) is 29.8 Å². The van der Waals surface area contributed by atoms with Gasteiger partial charge in [0.05, 0.1) is 16.9 Å². The average molecular weight is 285 g/mol. The molecule has 0 spiro atoms. The first kappa shape index (κ1) is 15.1. The third-order valence-electron chi connectivity index (χ3n) is 2.32. The number of carbonyl (C=O) groups excluding carboxylic acids is 2. The van der Waals surface area contributed by atoms with Gasteiger partial charge in [-0.25, -0.2) is 13.1 Å². The standard InChI is InChI=1S/C11H14N2O5S/c1-7-2-4-8(5-3-7)19(17,18)13-9(11(15)16)6-10(12)14/h2-5,9,13H,6H2,1H3,(H2,12,14)(H,15,16)/p-1/t9-/m1/s1. The Morgan fingerprint density at radius 3 is 2.26 bits per heavy atom. The van der Waals surface area contributed by atoms with E-state index in [1.807, 2.05) is 4.72 Å². The van der Waals surface area contributed by atoms with Crippen molar-refractivity contribution in [2.24, 2.45) is 5.73 Å². The number of benzene rings is 1. The van der Waals surface area contributed by atoms with E-state index in [4.69, 9.17) is 5.73 Å². The molecule has 0 heterocycles. The Morgan fingerprint density at radius 2 is 1.84 bits per heavy atom. The highest BCUT2D eigenvalue weighted by Crippen LogP contribution is 2.11. The van der Waals surface area contributed by atoms with Crippen molar-refractivity contribution in [1.82, 2.24) is 4.72 Å². The number of carbonyl (C=O) groups is 2. The lowest BCUT2D eigenvalue weighted by atomic mass is 10.2. The van der Waals surface area contributed by atoms with E-state index in [-0.39, 0.29) is 4.90 Å². The minimum Gasteiger partial charge on any atom is -0.548 e. The molecule has 0 fully saturated rings. The van der Waals surface area contributed by atoms with Crippen LogP contribution < -0.4 is 15.6 Å². The van der Waals surface area contributed by atoms with E-state index in [0.29, 0.717) is 0 Å². The number of hydrogen-bond donors (Lipinski definition) is 2. The van der Waals surface area contributed by atoms with Crippen molar-refractivity contribution >= 4 is 21.9 Å². The van der Waals surface area contributed by atoms with Crippen LogP contribution in [0.25, 0.3) is 0 Å². The van der Waals surface area contributed by atoms with E-state index in [1.165, 1.54) is 12.1 Å². The minimum atomic E-state index is -4.05. The summed E-state index contributed by atoms with van der Waals surface area (Å²) in [6, 6.07) is 4.10. The van der Waals surface area contributed by atoms with E-state index < -0.39 is 34.4 Å². The number of aryl methyl sites for hydroxylation is 1. The molecular formula is C11H13N2O5S-. The Bertz CT molecular complexity index is 580. The van der Waals surface area contributed by atoms with Crippen LogP contribution >= 0.6 is 0 Å². The first-order chi connectivity index (χ1) is 8.72. The molecule has 0 radical (unpaired) electrons. The fraction of sp³-hybridized carbons (Fsp3) is 0.273.